The van der Waals surface area contributed by atoms with Crippen molar-refractivity contribution in [2.24, 2.45) is 5.92 Å². The van der Waals surface area contributed by atoms with Crippen LogP contribution in [0.25, 0.3) is 11.1 Å². The van der Waals surface area contributed by atoms with Gasteiger partial charge < -0.3 is 35.3 Å². The van der Waals surface area contributed by atoms with Crippen LogP contribution in [0.4, 0.5) is 16.2 Å². The van der Waals surface area contributed by atoms with E-state index in [-0.39, 0.29) is 42.1 Å². The van der Waals surface area contributed by atoms with Crippen LogP contribution in [0.3, 0.4) is 0 Å². The van der Waals surface area contributed by atoms with Crippen LogP contribution in [0.1, 0.15) is 34.1 Å². The highest BCUT2D eigenvalue weighted by Gasteiger charge is 2.39. The van der Waals surface area contributed by atoms with Crippen molar-refractivity contribution in [1.29, 1.82) is 10.7 Å². The lowest BCUT2D eigenvalue weighted by atomic mass is 9.78. The van der Waals surface area contributed by atoms with Gasteiger partial charge in [0.25, 0.3) is 0 Å². The van der Waals surface area contributed by atoms with Crippen LogP contribution >= 0.6 is 15.9 Å². The van der Waals surface area contributed by atoms with Gasteiger partial charge in [-0.3, -0.25) is 10.2 Å². The fourth-order valence-electron chi connectivity index (χ4n) is 6.21. The van der Waals surface area contributed by atoms with Gasteiger partial charge in [0.05, 0.1) is 36.1 Å². The van der Waals surface area contributed by atoms with Crippen LogP contribution in [0.2, 0.25) is 0 Å². The fraction of sp³-hybridized carbons (Fsp3) is 0.200. The smallest absolute Gasteiger partial charge is 0.407 e. The quantitative estimate of drug-likeness (QED) is 0.159. The SMILES string of the molecule is COc1cc([C@@H]2c3ccc(NC(=O)CNC(=O)OCC4c5ccccc5-c5ccccc54)c(N)c3OC(=N)C2C#N)cc(Br)c1OC. The molecule has 0 radical (unpaired) electrons. The van der Waals surface area contributed by atoms with E-state index >= 15 is 0 Å². The van der Waals surface area contributed by atoms with Gasteiger partial charge in [-0.25, -0.2) is 4.79 Å². The number of ether oxygens (including phenoxy) is 4. The van der Waals surface area contributed by atoms with E-state index in [1.54, 1.807) is 24.3 Å². The molecule has 0 spiro atoms. The van der Waals surface area contributed by atoms with Crippen molar-refractivity contribution in [3.8, 4) is 34.4 Å². The average Bonchev–Trinajstić information content (AvgIpc) is 3.40. The summed E-state index contributed by atoms with van der Waals surface area (Å²) in [6.07, 6.45) is -0.733. The molecular formula is C35H30BrN5O6. The van der Waals surface area contributed by atoms with Gasteiger partial charge in [-0.05, 0) is 61.9 Å². The third-order valence-electron chi connectivity index (χ3n) is 8.35. The summed E-state index contributed by atoms with van der Waals surface area (Å²) in [5, 5.41) is 23.6. The molecule has 12 heteroatoms. The summed E-state index contributed by atoms with van der Waals surface area (Å²) in [5.74, 6) is -1.46. The number of nitrogens with two attached hydrogens (primary N) is 1. The number of nitrogens with one attached hydrogen (secondary N) is 3. The summed E-state index contributed by atoms with van der Waals surface area (Å²) in [4.78, 5) is 25.4. The number of amides is 2. The van der Waals surface area contributed by atoms with Crippen LogP contribution in [-0.2, 0) is 9.53 Å². The Labute approximate surface area is 279 Å². The van der Waals surface area contributed by atoms with Gasteiger partial charge in [-0.15, -0.1) is 0 Å². The first-order chi connectivity index (χ1) is 22.7. The Morgan fingerprint density at radius 2 is 1.68 bits per heavy atom. The zero-order chi connectivity index (χ0) is 33.2. The van der Waals surface area contributed by atoms with Crippen LogP contribution < -0.4 is 30.6 Å². The van der Waals surface area contributed by atoms with E-state index in [1.807, 2.05) is 36.4 Å². The zero-order valence-electron chi connectivity index (χ0n) is 25.4. The molecule has 0 bridgehead atoms. The number of halogens is 1. The maximum atomic E-state index is 12.8. The third kappa shape index (κ3) is 5.81. The van der Waals surface area contributed by atoms with Crippen LogP contribution in [0.5, 0.6) is 17.2 Å². The number of nitrogens with zero attached hydrogens (tertiary/aromatic N) is 1. The van der Waals surface area contributed by atoms with Crippen molar-refractivity contribution in [2.45, 2.75) is 11.8 Å². The molecule has 1 aliphatic heterocycles. The van der Waals surface area contributed by atoms with Crippen molar-refractivity contribution in [3.63, 3.8) is 0 Å². The minimum atomic E-state index is -0.950. The molecule has 2 atom stereocenters. The number of anilines is 2. The Morgan fingerprint density at radius 1 is 1.00 bits per heavy atom. The maximum absolute atomic E-state index is 12.8. The van der Waals surface area contributed by atoms with E-state index in [4.69, 9.17) is 30.1 Å². The van der Waals surface area contributed by atoms with E-state index < -0.39 is 23.8 Å². The molecule has 1 unspecified atom stereocenters. The number of nitriles is 1. The van der Waals surface area contributed by atoms with E-state index in [9.17, 15) is 14.9 Å². The Balaban J connectivity index is 1.14. The number of nitrogen functional groups attached to an aromatic ring is 1. The molecule has 11 nitrogen and oxygen atoms in total. The van der Waals surface area contributed by atoms with Crippen molar-refractivity contribution in [2.75, 3.05) is 38.4 Å². The van der Waals surface area contributed by atoms with Crippen molar-refractivity contribution < 1.29 is 28.5 Å². The first kappa shape index (κ1) is 31.4. The van der Waals surface area contributed by atoms with Gasteiger partial charge in [-0.2, -0.15) is 5.26 Å². The minimum Gasteiger partial charge on any atom is -0.493 e. The van der Waals surface area contributed by atoms with Gasteiger partial charge in [0.1, 0.15) is 19.1 Å². The summed E-state index contributed by atoms with van der Waals surface area (Å²) in [6.45, 7) is -0.257. The highest BCUT2D eigenvalue weighted by molar-refractivity contribution is 9.10. The molecular weight excluding hydrogens is 666 g/mol. The number of carbonyl (C=O) groups excluding carboxylic acids is 2. The van der Waals surface area contributed by atoms with Gasteiger partial charge in [0.2, 0.25) is 11.8 Å². The van der Waals surface area contributed by atoms with Crippen LogP contribution in [0, 0.1) is 22.7 Å². The highest BCUT2D eigenvalue weighted by Crippen LogP contribution is 2.49. The van der Waals surface area contributed by atoms with Gasteiger partial charge >= 0.3 is 6.09 Å². The highest BCUT2D eigenvalue weighted by atomic mass is 79.9. The number of fused-ring (bicyclic) bond motifs is 4. The molecule has 5 N–H and O–H groups in total. The number of hydrogen-bond acceptors (Lipinski definition) is 9. The molecule has 1 aliphatic carbocycles. The van der Waals surface area contributed by atoms with E-state index in [0.29, 0.717) is 27.1 Å². The minimum absolute atomic E-state index is 0.0719. The zero-order valence-corrected chi connectivity index (χ0v) is 27.0. The molecule has 0 fully saturated rings. The normalized spacial score (nSPS) is 16.1. The summed E-state index contributed by atoms with van der Waals surface area (Å²) >= 11 is 3.50. The second-order valence-electron chi connectivity index (χ2n) is 11.0. The van der Waals surface area contributed by atoms with Gasteiger partial charge in [0, 0.05) is 17.4 Å². The molecule has 47 heavy (non-hydrogen) atoms. The molecule has 0 saturated carbocycles. The summed E-state index contributed by atoms with van der Waals surface area (Å²) in [6, 6.07) is 25.0. The molecule has 4 aromatic carbocycles. The predicted octanol–water partition coefficient (Wildman–Crippen LogP) is 6.17. The Morgan fingerprint density at radius 3 is 2.32 bits per heavy atom. The van der Waals surface area contributed by atoms with E-state index in [1.165, 1.54) is 14.2 Å². The lowest BCUT2D eigenvalue weighted by Crippen LogP contribution is -2.34. The van der Waals surface area contributed by atoms with E-state index in [0.717, 1.165) is 22.3 Å². The second-order valence-corrected chi connectivity index (χ2v) is 11.8. The summed E-state index contributed by atoms with van der Waals surface area (Å²) < 4.78 is 22.8. The molecule has 2 amide bonds. The molecule has 4 aromatic rings. The largest absolute Gasteiger partial charge is 0.493 e. The Hall–Kier alpha value is -5.54. The number of rotatable bonds is 8. The third-order valence-corrected chi connectivity index (χ3v) is 8.94. The molecule has 6 rings (SSSR count). The first-order valence-corrected chi connectivity index (χ1v) is 15.4. The lowest BCUT2D eigenvalue weighted by Gasteiger charge is -2.32. The first-order valence-electron chi connectivity index (χ1n) is 14.6. The summed E-state index contributed by atoms with van der Waals surface area (Å²) in [7, 11) is 3.02. The monoisotopic (exact) mass is 695 g/mol. The van der Waals surface area contributed by atoms with Gasteiger partial charge in [0.15, 0.2) is 17.2 Å². The Kier molecular flexibility index (Phi) is 8.74. The molecule has 0 saturated heterocycles. The average molecular weight is 697 g/mol. The molecule has 238 valence electrons. The number of hydrogen-bond donors (Lipinski definition) is 4. The van der Waals surface area contributed by atoms with Crippen LogP contribution in [-0.4, -0.2) is 45.3 Å². The topological polar surface area (TPSA) is 169 Å². The number of carbonyl (C=O) groups is 2. The summed E-state index contributed by atoms with van der Waals surface area (Å²) in [5.41, 5.74) is 12.3. The van der Waals surface area contributed by atoms with Gasteiger partial charge in [-0.1, -0.05) is 54.6 Å². The number of methoxy groups -OCH3 is 2. The van der Waals surface area contributed by atoms with Crippen molar-refractivity contribution >= 4 is 45.2 Å². The number of alkyl carbamates (subject to hydrolysis) is 1. The standard InChI is InChI=1S/C35H30BrN5O6/c1-44-28-14-18(13-26(36)33(28)45-2)30-23-11-12-27(31(38)32(23)47-34(39)24(30)15-37)41-29(42)16-40-35(43)46-17-25-21-9-5-3-7-19(21)20-8-4-6-10-22(20)25/h3-14,24-25,30,39H,16-17,38H2,1-2H3,(H,40,43)(H,41,42)/t24?,30-/m1/s1. The Bertz CT molecular complexity index is 1910. The fourth-order valence-corrected chi connectivity index (χ4v) is 6.83. The lowest BCUT2D eigenvalue weighted by molar-refractivity contribution is -0.115. The van der Waals surface area contributed by atoms with Crippen molar-refractivity contribution in [1.82, 2.24) is 5.32 Å². The predicted molar refractivity (Wildman–Crippen MR) is 179 cm³/mol. The molecule has 0 aromatic heterocycles. The molecule has 1 heterocycles. The number of benzene rings is 4. The molecule has 2 aliphatic rings. The second kappa shape index (κ2) is 13.1. The van der Waals surface area contributed by atoms with E-state index in [2.05, 4.69) is 44.8 Å². The van der Waals surface area contributed by atoms with Crippen LogP contribution in [0.15, 0.2) is 77.3 Å². The maximum Gasteiger partial charge on any atom is 0.407 e. The van der Waals surface area contributed by atoms with Crippen molar-refractivity contribution in [3.05, 3.63) is 99.5 Å².